The van der Waals surface area contributed by atoms with E-state index in [1.54, 1.807) is 10.7 Å². The van der Waals surface area contributed by atoms with E-state index < -0.39 is 0 Å². The summed E-state index contributed by atoms with van der Waals surface area (Å²) in [5, 5.41) is 16.1. The maximum Gasteiger partial charge on any atom is 0.230 e. The fraction of sp³-hybridized carbons (Fsp3) is 0.267. The van der Waals surface area contributed by atoms with Crippen LogP contribution in [0.2, 0.25) is 0 Å². The van der Waals surface area contributed by atoms with Gasteiger partial charge in [-0.1, -0.05) is 24.8 Å². The number of nitrogens with zero attached hydrogens (tertiary/aromatic N) is 5. The van der Waals surface area contributed by atoms with Gasteiger partial charge in [-0.05, 0) is 30.7 Å². The average Bonchev–Trinajstić information content (AvgIpc) is 3.01. The number of hydrogen-bond acceptors (Lipinski definition) is 6. The van der Waals surface area contributed by atoms with E-state index in [1.165, 1.54) is 11.8 Å². The number of hydrogen-bond donors (Lipinski definition) is 1. The van der Waals surface area contributed by atoms with Crippen LogP contribution in [0.4, 0.5) is 0 Å². The zero-order valence-electron chi connectivity index (χ0n) is 12.6. The zero-order valence-corrected chi connectivity index (χ0v) is 13.5. The molecule has 0 unspecified atom stereocenters. The van der Waals surface area contributed by atoms with Crippen LogP contribution in [0.3, 0.4) is 0 Å². The highest BCUT2D eigenvalue weighted by Gasteiger charge is 2.11. The lowest BCUT2D eigenvalue weighted by Crippen LogP contribution is -2.25. The van der Waals surface area contributed by atoms with Crippen LogP contribution in [0.1, 0.15) is 13.3 Å². The molecule has 0 aliphatic heterocycles. The predicted molar refractivity (Wildman–Crippen MR) is 88.0 cm³/mol. The van der Waals surface area contributed by atoms with E-state index in [0.29, 0.717) is 17.3 Å². The van der Waals surface area contributed by atoms with E-state index in [1.807, 2.05) is 37.3 Å². The first-order chi connectivity index (χ1) is 11.3. The molecule has 1 amide bonds. The molecule has 3 aromatic rings. The Morgan fingerprint density at radius 2 is 2.13 bits per heavy atom. The van der Waals surface area contributed by atoms with Gasteiger partial charge in [-0.3, -0.25) is 9.78 Å². The highest BCUT2D eigenvalue weighted by molar-refractivity contribution is 7.99. The minimum Gasteiger partial charge on any atom is -0.355 e. The minimum atomic E-state index is -0.0190. The summed E-state index contributed by atoms with van der Waals surface area (Å²) in [7, 11) is 0. The minimum absolute atomic E-state index is 0.0190. The van der Waals surface area contributed by atoms with Crippen molar-refractivity contribution in [3.05, 3.63) is 36.5 Å². The van der Waals surface area contributed by atoms with Crippen LogP contribution in [0, 0.1) is 0 Å². The number of pyridine rings is 1. The summed E-state index contributed by atoms with van der Waals surface area (Å²) in [6, 6.07) is 9.36. The predicted octanol–water partition coefficient (Wildman–Crippen LogP) is 1.80. The van der Waals surface area contributed by atoms with Gasteiger partial charge in [0.1, 0.15) is 5.69 Å². The van der Waals surface area contributed by atoms with Crippen molar-refractivity contribution in [1.82, 2.24) is 30.1 Å². The fourth-order valence-electron chi connectivity index (χ4n) is 1.96. The highest BCUT2D eigenvalue weighted by atomic mass is 32.2. The van der Waals surface area contributed by atoms with Crippen LogP contribution in [-0.2, 0) is 4.79 Å². The van der Waals surface area contributed by atoms with Crippen LogP contribution in [-0.4, -0.2) is 43.0 Å². The maximum absolute atomic E-state index is 11.7. The first kappa shape index (κ1) is 15.4. The summed E-state index contributed by atoms with van der Waals surface area (Å²) in [6.07, 6.45) is 2.64. The van der Waals surface area contributed by atoms with Gasteiger partial charge in [0.2, 0.25) is 11.1 Å². The summed E-state index contributed by atoms with van der Waals surface area (Å²) >= 11 is 1.31. The number of carbonyl (C=O) groups excluding carboxylic acids is 1. The quantitative estimate of drug-likeness (QED) is 0.695. The van der Waals surface area contributed by atoms with E-state index in [9.17, 15) is 4.79 Å². The van der Waals surface area contributed by atoms with Crippen LogP contribution < -0.4 is 5.32 Å². The standard InChI is InChI=1S/C15H16N6OS/c1-2-8-17-14(22)10-23-15-19-18-13-7-6-12(20-21(13)15)11-5-3-4-9-16-11/h3-7,9H,2,8,10H2,1H3,(H,17,22). The van der Waals surface area contributed by atoms with Crippen molar-refractivity contribution in [1.29, 1.82) is 0 Å². The Labute approximate surface area is 137 Å². The third-order valence-corrected chi connectivity index (χ3v) is 3.99. The van der Waals surface area contributed by atoms with Gasteiger partial charge in [0.15, 0.2) is 5.65 Å². The Bertz CT molecular complexity index is 804. The molecule has 0 fully saturated rings. The Morgan fingerprint density at radius 3 is 2.91 bits per heavy atom. The van der Waals surface area contributed by atoms with Crippen molar-refractivity contribution in [2.75, 3.05) is 12.3 Å². The molecule has 8 heteroatoms. The van der Waals surface area contributed by atoms with E-state index in [-0.39, 0.29) is 11.7 Å². The van der Waals surface area contributed by atoms with Gasteiger partial charge < -0.3 is 5.32 Å². The normalized spacial score (nSPS) is 10.8. The van der Waals surface area contributed by atoms with Gasteiger partial charge >= 0.3 is 0 Å². The second kappa shape index (κ2) is 7.19. The molecule has 7 nitrogen and oxygen atoms in total. The van der Waals surface area contributed by atoms with Crippen molar-refractivity contribution in [3.8, 4) is 11.4 Å². The van der Waals surface area contributed by atoms with Crippen LogP contribution in [0.25, 0.3) is 17.0 Å². The Kier molecular flexibility index (Phi) is 4.82. The lowest BCUT2D eigenvalue weighted by Gasteiger charge is -2.03. The summed E-state index contributed by atoms with van der Waals surface area (Å²) in [5.41, 5.74) is 2.15. The summed E-state index contributed by atoms with van der Waals surface area (Å²) in [6.45, 7) is 2.70. The second-order valence-corrected chi connectivity index (χ2v) is 5.77. The third-order valence-electron chi connectivity index (χ3n) is 3.07. The number of nitrogens with one attached hydrogen (secondary N) is 1. The molecule has 3 aromatic heterocycles. The fourth-order valence-corrected chi connectivity index (χ4v) is 2.67. The monoisotopic (exact) mass is 328 g/mol. The summed E-state index contributed by atoms with van der Waals surface area (Å²) in [4.78, 5) is 16.0. The molecule has 0 bridgehead atoms. The summed E-state index contributed by atoms with van der Waals surface area (Å²) in [5.74, 6) is 0.269. The molecule has 0 aromatic carbocycles. The van der Waals surface area contributed by atoms with Crippen molar-refractivity contribution in [2.24, 2.45) is 0 Å². The molecule has 0 aliphatic rings. The van der Waals surface area contributed by atoms with Gasteiger partial charge in [-0.25, -0.2) is 0 Å². The van der Waals surface area contributed by atoms with Crippen molar-refractivity contribution in [2.45, 2.75) is 18.5 Å². The number of aromatic nitrogens is 5. The molecule has 0 saturated carbocycles. The summed E-state index contributed by atoms with van der Waals surface area (Å²) < 4.78 is 1.64. The smallest absolute Gasteiger partial charge is 0.230 e. The topological polar surface area (TPSA) is 85.1 Å². The Hall–Kier alpha value is -2.48. The zero-order chi connectivity index (χ0) is 16.1. The van der Waals surface area contributed by atoms with E-state index in [0.717, 1.165) is 17.8 Å². The van der Waals surface area contributed by atoms with E-state index in [2.05, 4.69) is 25.6 Å². The molecule has 118 valence electrons. The molecular formula is C15H16N6OS. The van der Waals surface area contributed by atoms with Crippen molar-refractivity contribution < 1.29 is 4.79 Å². The van der Waals surface area contributed by atoms with Gasteiger partial charge in [0.25, 0.3) is 0 Å². The molecule has 0 atom stereocenters. The molecular weight excluding hydrogens is 312 g/mol. The van der Waals surface area contributed by atoms with Gasteiger partial charge in [0, 0.05) is 12.7 Å². The maximum atomic E-state index is 11.7. The third kappa shape index (κ3) is 3.65. The van der Waals surface area contributed by atoms with Crippen LogP contribution >= 0.6 is 11.8 Å². The highest BCUT2D eigenvalue weighted by Crippen LogP contribution is 2.19. The number of fused-ring (bicyclic) bond motifs is 1. The van der Waals surface area contributed by atoms with Crippen LogP contribution in [0.5, 0.6) is 0 Å². The molecule has 3 heterocycles. The Balaban J connectivity index is 1.80. The molecule has 0 spiro atoms. The van der Waals surface area contributed by atoms with E-state index in [4.69, 9.17) is 0 Å². The number of rotatable bonds is 6. The molecule has 0 aliphatic carbocycles. The number of carbonyl (C=O) groups is 1. The van der Waals surface area contributed by atoms with Gasteiger partial charge in [0.05, 0.1) is 11.4 Å². The van der Waals surface area contributed by atoms with Crippen LogP contribution in [0.15, 0.2) is 41.7 Å². The molecule has 0 saturated heterocycles. The number of thioether (sulfide) groups is 1. The largest absolute Gasteiger partial charge is 0.355 e. The molecule has 0 radical (unpaired) electrons. The number of amides is 1. The van der Waals surface area contributed by atoms with Crippen molar-refractivity contribution >= 4 is 23.3 Å². The Morgan fingerprint density at radius 1 is 1.22 bits per heavy atom. The first-order valence-corrected chi connectivity index (χ1v) is 8.30. The van der Waals surface area contributed by atoms with E-state index >= 15 is 0 Å². The average molecular weight is 328 g/mol. The molecule has 23 heavy (non-hydrogen) atoms. The first-order valence-electron chi connectivity index (χ1n) is 7.31. The van der Waals surface area contributed by atoms with Crippen molar-refractivity contribution in [3.63, 3.8) is 0 Å². The van der Waals surface area contributed by atoms with Gasteiger partial charge in [-0.15, -0.1) is 10.2 Å². The van der Waals surface area contributed by atoms with Gasteiger partial charge in [-0.2, -0.15) is 9.61 Å². The SMILES string of the molecule is CCCNC(=O)CSc1nnc2ccc(-c3ccccn3)nn12. The lowest BCUT2D eigenvalue weighted by atomic mass is 10.2. The molecule has 1 N–H and O–H groups in total. The second-order valence-electron chi connectivity index (χ2n) is 4.82. The lowest BCUT2D eigenvalue weighted by molar-refractivity contribution is -0.118. The molecule has 3 rings (SSSR count).